The molecule has 1 saturated carbocycles. The SMILES string of the molecule is CCOC(=O)C1CCN(Cc2ccc3cc(OC4CC(C)CC4C)ccc3c2)CC1. The molecule has 1 aliphatic carbocycles. The Hall–Kier alpha value is -2.07. The van der Waals surface area contributed by atoms with Gasteiger partial charge in [0.25, 0.3) is 0 Å². The molecule has 2 aromatic rings. The molecule has 0 amide bonds. The molecule has 1 heterocycles. The van der Waals surface area contributed by atoms with E-state index in [2.05, 4.69) is 55.1 Å². The Bertz CT molecular complexity index is 872. The van der Waals surface area contributed by atoms with E-state index in [9.17, 15) is 4.79 Å². The first-order valence-electron chi connectivity index (χ1n) is 11.6. The molecular weight excluding hydrogens is 374 g/mol. The summed E-state index contributed by atoms with van der Waals surface area (Å²) in [7, 11) is 0. The van der Waals surface area contributed by atoms with Crippen LogP contribution < -0.4 is 4.74 Å². The lowest BCUT2D eigenvalue weighted by Gasteiger charge is -2.30. The highest BCUT2D eigenvalue weighted by Gasteiger charge is 2.30. The summed E-state index contributed by atoms with van der Waals surface area (Å²) >= 11 is 0. The molecule has 2 aliphatic rings. The minimum atomic E-state index is -0.0256. The number of nitrogens with zero attached hydrogens (tertiary/aromatic N) is 1. The van der Waals surface area contributed by atoms with Crippen LogP contribution in [-0.2, 0) is 16.1 Å². The maximum atomic E-state index is 11.9. The average molecular weight is 410 g/mol. The van der Waals surface area contributed by atoms with Crippen LogP contribution in [0.5, 0.6) is 5.75 Å². The van der Waals surface area contributed by atoms with Crippen LogP contribution >= 0.6 is 0 Å². The Kier molecular flexibility index (Phi) is 6.62. The molecule has 1 aliphatic heterocycles. The Morgan fingerprint density at radius 3 is 2.47 bits per heavy atom. The van der Waals surface area contributed by atoms with Crippen LogP contribution in [0.1, 0.15) is 52.0 Å². The van der Waals surface area contributed by atoms with Crippen molar-refractivity contribution in [3.05, 3.63) is 42.0 Å². The first kappa shape index (κ1) is 21.2. The monoisotopic (exact) mass is 409 g/mol. The van der Waals surface area contributed by atoms with Crippen LogP contribution in [0.3, 0.4) is 0 Å². The number of hydrogen-bond acceptors (Lipinski definition) is 4. The van der Waals surface area contributed by atoms with Crippen molar-refractivity contribution in [2.45, 2.75) is 59.1 Å². The Morgan fingerprint density at radius 2 is 1.77 bits per heavy atom. The van der Waals surface area contributed by atoms with Crippen LogP contribution in [0.15, 0.2) is 36.4 Å². The van der Waals surface area contributed by atoms with E-state index in [0.29, 0.717) is 18.6 Å². The standard InChI is InChI=1S/C26H35NO3/c1-4-29-26(28)21-9-11-27(12-10-21)17-20-5-6-23-16-24(8-7-22(23)15-20)30-25-14-18(2)13-19(25)3/h5-8,15-16,18-19,21,25H,4,9-14,17H2,1-3H3. The molecule has 2 aromatic carbocycles. The average Bonchev–Trinajstić information content (AvgIpc) is 3.05. The van der Waals surface area contributed by atoms with Gasteiger partial charge in [0.15, 0.2) is 0 Å². The summed E-state index contributed by atoms with van der Waals surface area (Å²) in [5.74, 6) is 2.42. The molecule has 0 spiro atoms. The van der Waals surface area contributed by atoms with Gasteiger partial charge in [0.05, 0.1) is 12.5 Å². The quantitative estimate of drug-likeness (QED) is 0.597. The minimum absolute atomic E-state index is 0.0256. The summed E-state index contributed by atoms with van der Waals surface area (Å²) < 4.78 is 11.5. The molecule has 3 atom stereocenters. The van der Waals surface area contributed by atoms with E-state index >= 15 is 0 Å². The van der Waals surface area contributed by atoms with Crippen LogP contribution in [-0.4, -0.2) is 36.7 Å². The second-order valence-corrected chi connectivity index (χ2v) is 9.36. The van der Waals surface area contributed by atoms with Crippen molar-refractivity contribution in [2.75, 3.05) is 19.7 Å². The third kappa shape index (κ3) is 4.97. The van der Waals surface area contributed by atoms with E-state index in [1.54, 1.807) is 0 Å². The van der Waals surface area contributed by atoms with Crippen molar-refractivity contribution in [2.24, 2.45) is 17.8 Å². The number of piperidine rings is 1. The van der Waals surface area contributed by atoms with Crippen molar-refractivity contribution >= 4 is 16.7 Å². The highest BCUT2D eigenvalue weighted by Crippen LogP contribution is 2.34. The van der Waals surface area contributed by atoms with Gasteiger partial charge in [-0.25, -0.2) is 0 Å². The van der Waals surface area contributed by atoms with Crippen molar-refractivity contribution in [1.82, 2.24) is 4.90 Å². The smallest absolute Gasteiger partial charge is 0.309 e. The lowest BCUT2D eigenvalue weighted by molar-refractivity contribution is -0.149. The topological polar surface area (TPSA) is 38.8 Å². The number of fused-ring (bicyclic) bond motifs is 1. The molecule has 4 rings (SSSR count). The van der Waals surface area contributed by atoms with Gasteiger partial charge in [-0.15, -0.1) is 0 Å². The van der Waals surface area contributed by atoms with Crippen molar-refractivity contribution in [3.63, 3.8) is 0 Å². The van der Waals surface area contributed by atoms with E-state index in [1.807, 2.05) is 6.92 Å². The number of esters is 1. The van der Waals surface area contributed by atoms with Crippen LogP contribution in [0.2, 0.25) is 0 Å². The maximum absolute atomic E-state index is 11.9. The van der Waals surface area contributed by atoms with Gasteiger partial charge in [0, 0.05) is 6.54 Å². The molecular formula is C26H35NO3. The molecule has 1 saturated heterocycles. The largest absolute Gasteiger partial charge is 0.490 e. The summed E-state index contributed by atoms with van der Waals surface area (Å²) in [4.78, 5) is 14.4. The number of hydrogen-bond donors (Lipinski definition) is 0. The van der Waals surface area contributed by atoms with Gasteiger partial charge < -0.3 is 9.47 Å². The van der Waals surface area contributed by atoms with Crippen molar-refractivity contribution < 1.29 is 14.3 Å². The fourth-order valence-corrected chi connectivity index (χ4v) is 5.14. The maximum Gasteiger partial charge on any atom is 0.309 e. The molecule has 0 N–H and O–H groups in total. The second-order valence-electron chi connectivity index (χ2n) is 9.36. The van der Waals surface area contributed by atoms with Crippen LogP contribution in [0.25, 0.3) is 10.8 Å². The number of likely N-dealkylation sites (tertiary alicyclic amines) is 1. The van der Waals surface area contributed by atoms with Crippen molar-refractivity contribution in [3.8, 4) is 5.75 Å². The number of ether oxygens (including phenoxy) is 2. The summed E-state index contributed by atoms with van der Waals surface area (Å²) in [5.41, 5.74) is 1.32. The van der Waals surface area contributed by atoms with Gasteiger partial charge in [-0.2, -0.15) is 0 Å². The first-order chi connectivity index (χ1) is 14.5. The summed E-state index contributed by atoms with van der Waals surface area (Å²) in [6.45, 7) is 9.80. The summed E-state index contributed by atoms with van der Waals surface area (Å²) in [5, 5.41) is 2.49. The second kappa shape index (κ2) is 9.38. The molecule has 3 unspecified atom stereocenters. The highest BCUT2D eigenvalue weighted by atomic mass is 16.5. The van der Waals surface area contributed by atoms with E-state index in [0.717, 1.165) is 50.6 Å². The predicted molar refractivity (Wildman–Crippen MR) is 121 cm³/mol. The lowest BCUT2D eigenvalue weighted by Crippen LogP contribution is -2.36. The molecule has 2 fully saturated rings. The first-order valence-corrected chi connectivity index (χ1v) is 11.6. The molecule has 4 heteroatoms. The normalized spacial score (nSPS) is 25.5. The lowest BCUT2D eigenvalue weighted by atomic mass is 9.96. The summed E-state index contributed by atoms with van der Waals surface area (Å²) in [6, 6.07) is 13.2. The molecule has 0 bridgehead atoms. The number of carbonyl (C=O) groups excluding carboxylic acids is 1. The van der Waals surface area contributed by atoms with Crippen LogP contribution in [0, 0.1) is 17.8 Å². The van der Waals surface area contributed by atoms with Gasteiger partial charge in [0.2, 0.25) is 0 Å². The fourth-order valence-electron chi connectivity index (χ4n) is 5.14. The Morgan fingerprint density at radius 1 is 1.03 bits per heavy atom. The van der Waals surface area contributed by atoms with E-state index in [1.165, 1.54) is 22.8 Å². The van der Waals surface area contributed by atoms with Crippen molar-refractivity contribution in [1.29, 1.82) is 0 Å². The molecule has 4 nitrogen and oxygen atoms in total. The van der Waals surface area contributed by atoms with Gasteiger partial charge >= 0.3 is 5.97 Å². The third-order valence-electron chi connectivity index (χ3n) is 6.82. The van der Waals surface area contributed by atoms with Crippen LogP contribution in [0.4, 0.5) is 0 Å². The van der Waals surface area contributed by atoms with E-state index in [4.69, 9.17) is 9.47 Å². The van der Waals surface area contributed by atoms with Gasteiger partial charge in [-0.1, -0.05) is 32.0 Å². The predicted octanol–water partition coefficient (Wildman–Crippen LogP) is 5.43. The molecule has 0 aromatic heterocycles. The minimum Gasteiger partial charge on any atom is -0.490 e. The third-order valence-corrected chi connectivity index (χ3v) is 6.82. The number of rotatable bonds is 6. The van der Waals surface area contributed by atoms with Gasteiger partial charge in [-0.3, -0.25) is 9.69 Å². The Balaban J connectivity index is 1.35. The molecule has 162 valence electrons. The fraction of sp³-hybridized carbons (Fsp3) is 0.577. The zero-order valence-corrected chi connectivity index (χ0v) is 18.6. The zero-order chi connectivity index (χ0) is 21.1. The Labute approximate surface area is 180 Å². The van der Waals surface area contributed by atoms with Gasteiger partial charge in [0.1, 0.15) is 11.9 Å². The van der Waals surface area contributed by atoms with E-state index < -0.39 is 0 Å². The van der Waals surface area contributed by atoms with E-state index in [-0.39, 0.29) is 11.9 Å². The summed E-state index contributed by atoms with van der Waals surface area (Å²) in [6.07, 6.45) is 4.55. The number of carbonyl (C=O) groups is 1. The highest BCUT2D eigenvalue weighted by molar-refractivity contribution is 5.84. The molecule has 0 radical (unpaired) electrons. The molecule has 30 heavy (non-hydrogen) atoms. The zero-order valence-electron chi connectivity index (χ0n) is 18.6. The number of benzene rings is 2. The van der Waals surface area contributed by atoms with Gasteiger partial charge in [-0.05, 0) is 92.1 Å².